The molecule has 2 aromatic rings. The Hall–Kier alpha value is -2.56. The standard InChI is InChI=1S/C17H16F6N4O/c18-16(19,20)12-5-11(6-13(7-12)17(21,22)23)10-28-15-9-25-8-14(26-15)27-3-1-24-2-4-27/h5-9,24H,1-4,10H2. The number of rotatable bonds is 4. The maximum absolute atomic E-state index is 12.9. The highest BCUT2D eigenvalue weighted by atomic mass is 19.4. The molecule has 1 aromatic carbocycles. The van der Waals surface area contributed by atoms with Gasteiger partial charge in [0.1, 0.15) is 6.61 Å². The number of nitrogens with one attached hydrogen (secondary N) is 1. The molecule has 1 aromatic heterocycles. The molecule has 5 nitrogen and oxygen atoms in total. The van der Waals surface area contributed by atoms with E-state index in [9.17, 15) is 26.3 Å². The average Bonchev–Trinajstić information content (AvgIpc) is 2.66. The van der Waals surface area contributed by atoms with Crippen molar-refractivity contribution in [1.82, 2.24) is 15.3 Å². The van der Waals surface area contributed by atoms with Gasteiger partial charge in [-0.05, 0) is 23.8 Å². The Morgan fingerprint density at radius 3 is 2.11 bits per heavy atom. The predicted octanol–water partition coefficient (Wildman–Crippen LogP) is 3.50. The van der Waals surface area contributed by atoms with Crippen LogP contribution in [0.2, 0.25) is 0 Å². The summed E-state index contributed by atoms with van der Waals surface area (Å²) in [6.07, 6.45) is -7.04. The molecule has 1 N–H and O–H groups in total. The Kier molecular flexibility index (Phi) is 5.64. The largest absolute Gasteiger partial charge is 0.472 e. The molecule has 0 radical (unpaired) electrons. The summed E-state index contributed by atoms with van der Waals surface area (Å²) < 4.78 is 82.8. The molecule has 1 aliphatic rings. The fourth-order valence-electron chi connectivity index (χ4n) is 2.71. The van der Waals surface area contributed by atoms with Crippen LogP contribution < -0.4 is 15.0 Å². The Bertz CT molecular complexity index is 786. The van der Waals surface area contributed by atoms with Crippen LogP contribution in [0.5, 0.6) is 5.88 Å². The lowest BCUT2D eigenvalue weighted by Crippen LogP contribution is -2.43. The van der Waals surface area contributed by atoms with Crippen LogP contribution in [0.4, 0.5) is 32.2 Å². The van der Waals surface area contributed by atoms with Crippen molar-refractivity contribution in [1.29, 1.82) is 0 Å². The van der Waals surface area contributed by atoms with E-state index in [0.29, 0.717) is 31.0 Å². The normalized spacial score (nSPS) is 15.6. The van der Waals surface area contributed by atoms with Crippen LogP contribution in [0.3, 0.4) is 0 Å². The zero-order valence-electron chi connectivity index (χ0n) is 14.4. The van der Waals surface area contributed by atoms with E-state index in [-0.39, 0.29) is 17.5 Å². The van der Waals surface area contributed by atoms with Crippen molar-refractivity contribution in [2.24, 2.45) is 0 Å². The molecule has 0 atom stereocenters. The second-order valence-electron chi connectivity index (χ2n) is 6.16. The summed E-state index contributed by atoms with van der Waals surface area (Å²) in [6, 6.07) is 1.33. The third-order valence-corrected chi connectivity index (χ3v) is 4.07. The van der Waals surface area contributed by atoms with Gasteiger partial charge in [-0.2, -0.15) is 31.3 Å². The molecule has 11 heteroatoms. The molecule has 152 valence electrons. The number of benzene rings is 1. The van der Waals surface area contributed by atoms with E-state index in [2.05, 4.69) is 15.3 Å². The van der Waals surface area contributed by atoms with Crippen LogP contribution in [-0.4, -0.2) is 36.1 Å². The summed E-state index contributed by atoms with van der Waals surface area (Å²) in [6.45, 7) is 2.41. The number of piperazine rings is 1. The smallest absolute Gasteiger partial charge is 0.416 e. The van der Waals surface area contributed by atoms with Crippen molar-refractivity contribution in [3.8, 4) is 5.88 Å². The zero-order valence-corrected chi connectivity index (χ0v) is 14.4. The Labute approximate surface area is 156 Å². The van der Waals surface area contributed by atoms with Gasteiger partial charge in [-0.15, -0.1) is 0 Å². The molecule has 28 heavy (non-hydrogen) atoms. The minimum atomic E-state index is -4.90. The number of aromatic nitrogens is 2. The van der Waals surface area contributed by atoms with E-state index in [1.165, 1.54) is 12.4 Å². The van der Waals surface area contributed by atoms with Crippen LogP contribution in [0.25, 0.3) is 0 Å². The molecular weight excluding hydrogens is 390 g/mol. The number of alkyl halides is 6. The Balaban J connectivity index is 1.78. The molecule has 0 unspecified atom stereocenters. The second kappa shape index (κ2) is 7.82. The van der Waals surface area contributed by atoms with Gasteiger partial charge in [-0.3, -0.25) is 4.98 Å². The lowest BCUT2D eigenvalue weighted by atomic mass is 10.1. The quantitative estimate of drug-likeness (QED) is 0.788. The van der Waals surface area contributed by atoms with Gasteiger partial charge in [-0.1, -0.05) is 0 Å². The minimum absolute atomic E-state index is 0.0157. The summed E-state index contributed by atoms with van der Waals surface area (Å²) >= 11 is 0. The van der Waals surface area contributed by atoms with Gasteiger partial charge in [0.2, 0.25) is 5.88 Å². The lowest BCUT2D eigenvalue weighted by Gasteiger charge is -2.28. The number of hydrogen-bond acceptors (Lipinski definition) is 5. The molecule has 0 saturated carbocycles. The maximum atomic E-state index is 12.9. The van der Waals surface area contributed by atoms with Crippen molar-refractivity contribution >= 4 is 5.82 Å². The summed E-state index contributed by atoms with van der Waals surface area (Å²) in [5.74, 6) is 0.543. The highest BCUT2D eigenvalue weighted by Gasteiger charge is 2.36. The molecule has 3 rings (SSSR count). The van der Waals surface area contributed by atoms with E-state index in [4.69, 9.17) is 4.74 Å². The topological polar surface area (TPSA) is 50.3 Å². The van der Waals surface area contributed by atoms with E-state index < -0.39 is 30.1 Å². The highest BCUT2D eigenvalue weighted by molar-refractivity contribution is 5.38. The van der Waals surface area contributed by atoms with E-state index in [1.54, 1.807) is 0 Å². The molecule has 0 aliphatic carbocycles. The number of anilines is 1. The number of nitrogens with zero attached hydrogens (tertiary/aromatic N) is 3. The van der Waals surface area contributed by atoms with Crippen LogP contribution in [0, 0.1) is 0 Å². The third-order valence-electron chi connectivity index (χ3n) is 4.07. The maximum Gasteiger partial charge on any atom is 0.416 e. The van der Waals surface area contributed by atoms with Crippen LogP contribution in [0.1, 0.15) is 16.7 Å². The fraction of sp³-hybridized carbons (Fsp3) is 0.412. The predicted molar refractivity (Wildman–Crippen MR) is 87.9 cm³/mol. The summed E-state index contributed by atoms with van der Waals surface area (Å²) in [5.41, 5.74) is -3.04. The van der Waals surface area contributed by atoms with Crippen LogP contribution in [-0.2, 0) is 19.0 Å². The SMILES string of the molecule is FC(F)(F)c1cc(COc2cncc(N3CCNCC3)n2)cc(C(F)(F)F)c1. The van der Waals surface area contributed by atoms with E-state index >= 15 is 0 Å². The molecule has 1 saturated heterocycles. The number of halogens is 6. The first-order valence-corrected chi connectivity index (χ1v) is 8.32. The van der Waals surface area contributed by atoms with Crippen molar-refractivity contribution in [3.63, 3.8) is 0 Å². The van der Waals surface area contributed by atoms with E-state index in [0.717, 1.165) is 13.1 Å². The summed E-state index contributed by atoms with van der Waals surface area (Å²) in [5, 5.41) is 3.18. The van der Waals surface area contributed by atoms with Crippen molar-refractivity contribution in [2.75, 3.05) is 31.1 Å². The number of hydrogen-bond donors (Lipinski definition) is 1. The van der Waals surface area contributed by atoms with Gasteiger partial charge in [-0.25, -0.2) is 0 Å². The van der Waals surface area contributed by atoms with Gasteiger partial charge < -0.3 is 15.0 Å². The minimum Gasteiger partial charge on any atom is -0.472 e. The summed E-state index contributed by atoms with van der Waals surface area (Å²) in [4.78, 5) is 10.1. The van der Waals surface area contributed by atoms with Gasteiger partial charge in [0, 0.05) is 26.2 Å². The first-order valence-electron chi connectivity index (χ1n) is 8.32. The first kappa shape index (κ1) is 20.2. The molecule has 2 heterocycles. The number of ether oxygens (including phenoxy) is 1. The fourth-order valence-corrected chi connectivity index (χ4v) is 2.71. The zero-order chi connectivity index (χ0) is 20.4. The molecule has 0 bridgehead atoms. The highest BCUT2D eigenvalue weighted by Crippen LogP contribution is 2.36. The van der Waals surface area contributed by atoms with E-state index in [1.807, 2.05) is 4.90 Å². The molecule has 0 amide bonds. The molecule has 1 fully saturated rings. The van der Waals surface area contributed by atoms with Crippen LogP contribution in [0.15, 0.2) is 30.6 Å². The molecular formula is C17H16F6N4O. The first-order chi connectivity index (χ1) is 13.1. The monoisotopic (exact) mass is 406 g/mol. The van der Waals surface area contributed by atoms with Gasteiger partial charge in [0.05, 0.1) is 23.5 Å². The second-order valence-corrected chi connectivity index (χ2v) is 6.16. The molecule has 0 spiro atoms. The molecule has 1 aliphatic heterocycles. The lowest BCUT2D eigenvalue weighted by molar-refractivity contribution is -0.143. The van der Waals surface area contributed by atoms with Crippen molar-refractivity contribution < 1.29 is 31.1 Å². The summed E-state index contributed by atoms with van der Waals surface area (Å²) in [7, 11) is 0. The van der Waals surface area contributed by atoms with Crippen molar-refractivity contribution in [2.45, 2.75) is 19.0 Å². The van der Waals surface area contributed by atoms with Crippen molar-refractivity contribution in [3.05, 3.63) is 47.3 Å². The average molecular weight is 406 g/mol. The third kappa shape index (κ3) is 5.03. The Morgan fingerprint density at radius 1 is 0.929 bits per heavy atom. The van der Waals surface area contributed by atoms with Gasteiger partial charge in [0.15, 0.2) is 5.82 Å². The Morgan fingerprint density at radius 2 is 1.54 bits per heavy atom. The van der Waals surface area contributed by atoms with Crippen LogP contribution >= 0.6 is 0 Å². The van der Waals surface area contributed by atoms with Gasteiger partial charge in [0.25, 0.3) is 0 Å². The van der Waals surface area contributed by atoms with Gasteiger partial charge >= 0.3 is 12.4 Å².